The molecule has 0 saturated heterocycles. The second kappa shape index (κ2) is 6.25. The lowest BCUT2D eigenvalue weighted by Crippen LogP contribution is -2.13. The molecule has 122 valence electrons. The summed E-state index contributed by atoms with van der Waals surface area (Å²) in [4.78, 5) is 12.5. The van der Waals surface area contributed by atoms with E-state index in [1.165, 1.54) is 7.11 Å². The van der Waals surface area contributed by atoms with Gasteiger partial charge in [0.15, 0.2) is 11.5 Å². The van der Waals surface area contributed by atoms with Crippen LogP contribution in [0.5, 0.6) is 11.5 Å². The lowest BCUT2D eigenvalue weighted by molar-refractivity contribution is 0.102. The van der Waals surface area contributed by atoms with Gasteiger partial charge in [0.1, 0.15) is 0 Å². The Hall–Kier alpha value is -3.00. The third-order valence-corrected chi connectivity index (χ3v) is 4.28. The van der Waals surface area contributed by atoms with Crippen molar-refractivity contribution in [3.8, 4) is 17.6 Å². The van der Waals surface area contributed by atoms with Gasteiger partial charge in [0.2, 0.25) is 0 Å². The van der Waals surface area contributed by atoms with Crippen molar-refractivity contribution in [2.75, 3.05) is 19.5 Å². The van der Waals surface area contributed by atoms with Gasteiger partial charge in [-0.25, -0.2) is 0 Å². The summed E-state index contributed by atoms with van der Waals surface area (Å²) in [6.07, 6.45) is 1.74. The number of hydrogen-bond donors (Lipinski definition) is 1. The van der Waals surface area contributed by atoms with Crippen molar-refractivity contribution in [3.05, 3.63) is 53.6 Å². The number of anilines is 1. The number of ether oxygens (including phenoxy) is 2. The van der Waals surface area contributed by atoms with Gasteiger partial charge in [-0.1, -0.05) is 12.1 Å². The summed E-state index contributed by atoms with van der Waals surface area (Å²) in [5, 5.41) is 12.2. The standard InChI is InChI=1S/C19H18N2O3/c1-23-16-7-6-13(10-17(16)24-2)18(22)21-15-5-3-4-14(11-15)19(12-20)8-9-19/h3-7,10-11H,8-9H2,1-2H3,(H,21,22). The van der Waals surface area contributed by atoms with Crippen LogP contribution in [-0.4, -0.2) is 20.1 Å². The number of benzene rings is 2. The summed E-state index contributed by atoms with van der Waals surface area (Å²) in [5.41, 5.74) is 1.73. The molecule has 5 heteroatoms. The molecule has 0 unspecified atom stereocenters. The van der Waals surface area contributed by atoms with Gasteiger partial charge < -0.3 is 14.8 Å². The molecular weight excluding hydrogens is 304 g/mol. The van der Waals surface area contributed by atoms with Crippen LogP contribution in [0.2, 0.25) is 0 Å². The average molecular weight is 322 g/mol. The third-order valence-electron chi connectivity index (χ3n) is 4.28. The summed E-state index contributed by atoms with van der Waals surface area (Å²) < 4.78 is 10.4. The molecule has 0 atom stereocenters. The highest BCUT2D eigenvalue weighted by Crippen LogP contribution is 2.47. The fourth-order valence-electron chi connectivity index (χ4n) is 2.67. The Morgan fingerprint density at radius 3 is 2.50 bits per heavy atom. The summed E-state index contributed by atoms with van der Waals surface area (Å²) >= 11 is 0. The zero-order valence-corrected chi connectivity index (χ0v) is 13.6. The summed E-state index contributed by atoms with van der Waals surface area (Å²) in [7, 11) is 3.08. The van der Waals surface area contributed by atoms with Crippen LogP contribution < -0.4 is 14.8 Å². The van der Waals surface area contributed by atoms with Gasteiger partial charge in [-0.15, -0.1) is 0 Å². The van der Waals surface area contributed by atoms with E-state index in [9.17, 15) is 10.1 Å². The van der Waals surface area contributed by atoms with Crippen molar-refractivity contribution < 1.29 is 14.3 Å². The van der Waals surface area contributed by atoms with E-state index in [0.29, 0.717) is 22.7 Å². The fourth-order valence-corrected chi connectivity index (χ4v) is 2.67. The van der Waals surface area contributed by atoms with Crippen LogP contribution in [0.15, 0.2) is 42.5 Å². The molecule has 2 aromatic rings. The Morgan fingerprint density at radius 1 is 1.12 bits per heavy atom. The first kappa shape index (κ1) is 15.9. The van der Waals surface area contributed by atoms with Crippen LogP contribution in [0, 0.1) is 11.3 Å². The second-order valence-electron chi connectivity index (χ2n) is 5.80. The SMILES string of the molecule is COc1ccc(C(=O)Nc2cccc(C3(C#N)CC3)c2)cc1OC. The molecule has 0 bridgehead atoms. The Morgan fingerprint density at radius 2 is 1.88 bits per heavy atom. The van der Waals surface area contributed by atoms with Gasteiger partial charge in [0.25, 0.3) is 5.91 Å². The van der Waals surface area contributed by atoms with Crippen molar-refractivity contribution in [3.63, 3.8) is 0 Å². The number of methoxy groups -OCH3 is 2. The van der Waals surface area contributed by atoms with Gasteiger partial charge in [-0.05, 0) is 48.7 Å². The average Bonchev–Trinajstić information content (AvgIpc) is 3.42. The first-order chi connectivity index (χ1) is 11.6. The van der Waals surface area contributed by atoms with E-state index in [1.54, 1.807) is 25.3 Å². The number of nitrogens with zero attached hydrogens (tertiary/aromatic N) is 1. The highest BCUT2D eigenvalue weighted by Gasteiger charge is 2.44. The van der Waals surface area contributed by atoms with Crippen molar-refractivity contribution >= 4 is 11.6 Å². The molecule has 0 aliphatic heterocycles. The minimum Gasteiger partial charge on any atom is -0.493 e. The number of nitriles is 1. The van der Waals surface area contributed by atoms with E-state index in [4.69, 9.17) is 9.47 Å². The second-order valence-corrected chi connectivity index (χ2v) is 5.80. The lowest BCUT2D eigenvalue weighted by Gasteiger charge is -2.12. The predicted molar refractivity (Wildman–Crippen MR) is 90.5 cm³/mol. The van der Waals surface area contributed by atoms with E-state index in [0.717, 1.165) is 18.4 Å². The molecular formula is C19H18N2O3. The number of carbonyl (C=O) groups is 1. The van der Waals surface area contributed by atoms with Gasteiger partial charge in [-0.2, -0.15) is 5.26 Å². The summed E-state index contributed by atoms with van der Waals surface area (Å²) in [5.74, 6) is 0.830. The number of carbonyl (C=O) groups excluding carboxylic acids is 1. The molecule has 2 aromatic carbocycles. The lowest BCUT2D eigenvalue weighted by atomic mass is 9.97. The van der Waals surface area contributed by atoms with Gasteiger partial charge in [-0.3, -0.25) is 4.79 Å². The summed E-state index contributed by atoms with van der Waals surface area (Å²) in [6.45, 7) is 0. The van der Waals surface area contributed by atoms with Crippen LogP contribution in [0.3, 0.4) is 0 Å². The normalized spacial score (nSPS) is 14.4. The summed E-state index contributed by atoms with van der Waals surface area (Å²) in [6, 6.07) is 14.8. The fraction of sp³-hybridized carbons (Fsp3) is 0.263. The van der Waals surface area contributed by atoms with Crippen LogP contribution in [0.25, 0.3) is 0 Å². The van der Waals surface area contributed by atoms with Crippen LogP contribution >= 0.6 is 0 Å². The monoisotopic (exact) mass is 322 g/mol. The van der Waals surface area contributed by atoms with Gasteiger partial charge in [0.05, 0.1) is 25.7 Å². The van der Waals surface area contributed by atoms with Crippen molar-refractivity contribution in [2.24, 2.45) is 0 Å². The molecule has 0 spiro atoms. The third kappa shape index (κ3) is 2.91. The smallest absolute Gasteiger partial charge is 0.255 e. The molecule has 0 radical (unpaired) electrons. The minimum absolute atomic E-state index is 0.241. The van der Waals surface area contributed by atoms with Gasteiger partial charge in [0, 0.05) is 11.3 Å². The van der Waals surface area contributed by atoms with Crippen LogP contribution in [-0.2, 0) is 5.41 Å². The quantitative estimate of drug-likeness (QED) is 0.914. The molecule has 1 N–H and O–H groups in total. The first-order valence-electron chi connectivity index (χ1n) is 7.67. The number of nitrogens with one attached hydrogen (secondary N) is 1. The maximum atomic E-state index is 12.5. The Kier molecular flexibility index (Phi) is 4.13. The predicted octanol–water partition coefficient (Wildman–Crippen LogP) is 3.51. The molecule has 3 rings (SSSR count). The first-order valence-corrected chi connectivity index (χ1v) is 7.67. The Bertz CT molecular complexity index is 820. The molecule has 5 nitrogen and oxygen atoms in total. The molecule has 0 heterocycles. The van der Waals surface area contributed by atoms with Crippen molar-refractivity contribution in [2.45, 2.75) is 18.3 Å². The zero-order chi connectivity index (χ0) is 17.2. The van der Waals surface area contributed by atoms with Crippen LogP contribution in [0.1, 0.15) is 28.8 Å². The molecule has 1 aliphatic rings. The van der Waals surface area contributed by atoms with E-state index in [-0.39, 0.29) is 11.3 Å². The van der Waals surface area contributed by atoms with Crippen molar-refractivity contribution in [1.29, 1.82) is 5.26 Å². The minimum atomic E-state index is -0.371. The molecule has 1 aliphatic carbocycles. The molecule has 24 heavy (non-hydrogen) atoms. The number of amides is 1. The maximum absolute atomic E-state index is 12.5. The van der Waals surface area contributed by atoms with E-state index in [2.05, 4.69) is 11.4 Å². The maximum Gasteiger partial charge on any atom is 0.255 e. The van der Waals surface area contributed by atoms with Crippen molar-refractivity contribution in [1.82, 2.24) is 0 Å². The van der Waals surface area contributed by atoms with Crippen LogP contribution in [0.4, 0.5) is 5.69 Å². The Labute approximate surface area is 140 Å². The molecule has 1 amide bonds. The molecule has 0 aromatic heterocycles. The largest absolute Gasteiger partial charge is 0.493 e. The number of hydrogen-bond acceptors (Lipinski definition) is 4. The van der Waals surface area contributed by atoms with E-state index < -0.39 is 0 Å². The zero-order valence-electron chi connectivity index (χ0n) is 13.6. The highest BCUT2D eigenvalue weighted by molar-refractivity contribution is 6.04. The van der Waals surface area contributed by atoms with E-state index in [1.807, 2.05) is 24.3 Å². The highest BCUT2D eigenvalue weighted by atomic mass is 16.5. The van der Waals surface area contributed by atoms with Gasteiger partial charge >= 0.3 is 0 Å². The number of rotatable bonds is 5. The van der Waals surface area contributed by atoms with E-state index >= 15 is 0 Å². The molecule has 1 fully saturated rings. The Balaban J connectivity index is 1.81. The topological polar surface area (TPSA) is 71.3 Å². The molecule has 1 saturated carbocycles.